The van der Waals surface area contributed by atoms with Gasteiger partial charge in [0, 0.05) is 24.2 Å². The van der Waals surface area contributed by atoms with Crippen molar-refractivity contribution in [1.29, 1.82) is 0 Å². The Balaban J connectivity index is 1.21. The molecule has 0 aliphatic heterocycles. The van der Waals surface area contributed by atoms with E-state index >= 15 is 4.79 Å². The fourth-order valence-corrected chi connectivity index (χ4v) is 9.92. The zero-order valence-corrected chi connectivity index (χ0v) is 45.9. The standard InChI is InChI=1S/C71H75NO7/c1-2-3-4-5-6-7-8-9-10-11-12-31-44-72-63-47-62(74-49-55-32-19-13-20-33-55)48-64(75-50-56-34-21-14-22-35-56)67(63)69(73)71(79-54-60-42-29-18-30-43-60)68(72)61-45-65(76-51-57-36-23-15-24-37-57)70(78-53-59-40-27-17-28-41-59)66(46-61)77-52-58-38-25-16-26-39-58/h13-30,32-43,45-48H,2-12,31,44,49-54H2,1H3. The molecule has 79 heavy (non-hydrogen) atoms. The Morgan fingerprint density at radius 1 is 0.342 bits per heavy atom. The number of aromatic nitrogens is 1. The molecule has 0 amide bonds. The highest BCUT2D eigenvalue weighted by Gasteiger charge is 2.27. The smallest absolute Gasteiger partial charge is 0.235 e. The molecule has 8 aromatic carbocycles. The van der Waals surface area contributed by atoms with Gasteiger partial charge in [-0.25, -0.2) is 0 Å². The summed E-state index contributed by atoms with van der Waals surface area (Å²) >= 11 is 0. The third-order valence-electron chi connectivity index (χ3n) is 14.2. The fourth-order valence-electron chi connectivity index (χ4n) is 9.92. The zero-order chi connectivity index (χ0) is 54.1. The van der Waals surface area contributed by atoms with Gasteiger partial charge in [-0.2, -0.15) is 0 Å². The molecule has 0 aliphatic rings. The van der Waals surface area contributed by atoms with Crippen LogP contribution in [0.1, 0.15) is 117 Å². The molecule has 9 aromatic rings. The summed E-state index contributed by atoms with van der Waals surface area (Å²) in [5.41, 5.74) is 7.52. The average Bonchev–Trinajstić information content (AvgIpc) is 3.65. The summed E-state index contributed by atoms with van der Waals surface area (Å²) < 4.78 is 43.2. The van der Waals surface area contributed by atoms with Crippen LogP contribution in [0.15, 0.2) is 211 Å². The van der Waals surface area contributed by atoms with Crippen molar-refractivity contribution in [3.63, 3.8) is 0 Å². The van der Waals surface area contributed by atoms with Crippen LogP contribution in [0.5, 0.6) is 34.5 Å². The van der Waals surface area contributed by atoms with Crippen LogP contribution in [0.4, 0.5) is 0 Å². The van der Waals surface area contributed by atoms with Gasteiger partial charge in [0.15, 0.2) is 17.2 Å². The number of benzene rings is 8. The predicted octanol–water partition coefficient (Wildman–Crippen LogP) is 17.8. The van der Waals surface area contributed by atoms with Crippen molar-refractivity contribution in [3.05, 3.63) is 250 Å². The number of hydrogen-bond acceptors (Lipinski definition) is 7. The summed E-state index contributed by atoms with van der Waals surface area (Å²) in [7, 11) is 0. The quantitative estimate of drug-likeness (QED) is 0.0389. The van der Waals surface area contributed by atoms with Gasteiger partial charge in [0.25, 0.3) is 0 Å². The van der Waals surface area contributed by atoms with Crippen LogP contribution < -0.4 is 33.8 Å². The molecule has 0 radical (unpaired) electrons. The Hall–Kier alpha value is -8.23. The van der Waals surface area contributed by atoms with Gasteiger partial charge in [-0.05, 0) is 51.9 Å². The lowest BCUT2D eigenvalue weighted by Crippen LogP contribution is -2.19. The summed E-state index contributed by atoms with van der Waals surface area (Å²) in [5.74, 6) is 2.57. The van der Waals surface area contributed by atoms with E-state index in [-0.39, 0.29) is 44.2 Å². The Morgan fingerprint density at radius 2 is 0.684 bits per heavy atom. The van der Waals surface area contributed by atoms with Gasteiger partial charge in [-0.3, -0.25) is 4.79 Å². The van der Waals surface area contributed by atoms with E-state index < -0.39 is 0 Å². The highest BCUT2D eigenvalue weighted by molar-refractivity contribution is 5.92. The van der Waals surface area contributed by atoms with Crippen molar-refractivity contribution in [3.8, 4) is 45.8 Å². The van der Waals surface area contributed by atoms with Gasteiger partial charge in [0.2, 0.25) is 11.2 Å². The van der Waals surface area contributed by atoms with E-state index in [2.05, 4.69) is 11.5 Å². The second-order valence-electron chi connectivity index (χ2n) is 20.3. The molecule has 1 heterocycles. The average molecular weight is 1050 g/mol. The van der Waals surface area contributed by atoms with Gasteiger partial charge in [-0.15, -0.1) is 0 Å². The Kier molecular flexibility index (Phi) is 21.1. The minimum absolute atomic E-state index is 0.151. The molecule has 8 nitrogen and oxygen atoms in total. The van der Waals surface area contributed by atoms with E-state index in [0.717, 1.165) is 52.6 Å². The first kappa shape index (κ1) is 55.5. The van der Waals surface area contributed by atoms with Crippen LogP contribution in [-0.4, -0.2) is 4.57 Å². The highest BCUT2D eigenvalue weighted by Crippen LogP contribution is 2.46. The summed E-state index contributed by atoms with van der Waals surface area (Å²) in [4.78, 5) is 16.0. The lowest BCUT2D eigenvalue weighted by molar-refractivity contribution is 0.230. The van der Waals surface area contributed by atoms with Crippen LogP contribution in [0, 0.1) is 0 Å². The normalized spacial score (nSPS) is 11.1. The fraction of sp³-hybridized carbons (Fsp3) is 0.282. The Labute approximate surface area is 467 Å². The molecule has 0 saturated carbocycles. The van der Waals surface area contributed by atoms with Crippen molar-refractivity contribution in [2.24, 2.45) is 0 Å². The molecule has 0 aliphatic carbocycles. The van der Waals surface area contributed by atoms with E-state index in [9.17, 15) is 0 Å². The van der Waals surface area contributed by atoms with Crippen LogP contribution in [0.25, 0.3) is 22.2 Å². The van der Waals surface area contributed by atoms with Crippen molar-refractivity contribution in [1.82, 2.24) is 4.57 Å². The monoisotopic (exact) mass is 1050 g/mol. The van der Waals surface area contributed by atoms with E-state index in [4.69, 9.17) is 28.4 Å². The largest absolute Gasteiger partial charge is 0.489 e. The van der Waals surface area contributed by atoms with Crippen molar-refractivity contribution >= 4 is 10.9 Å². The van der Waals surface area contributed by atoms with Crippen molar-refractivity contribution in [2.45, 2.75) is 130 Å². The molecule has 0 N–H and O–H groups in total. The van der Waals surface area contributed by atoms with Crippen LogP contribution in [0.3, 0.4) is 0 Å². The first-order chi connectivity index (χ1) is 39.1. The second kappa shape index (κ2) is 30.1. The number of rotatable bonds is 32. The van der Waals surface area contributed by atoms with Crippen molar-refractivity contribution in [2.75, 3.05) is 0 Å². The number of fused-ring (bicyclic) bond motifs is 1. The first-order valence-corrected chi connectivity index (χ1v) is 28.5. The maximum Gasteiger partial charge on any atom is 0.235 e. The van der Waals surface area contributed by atoms with Gasteiger partial charge in [0.1, 0.15) is 51.1 Å². The number of aryl methyl sites for hydroxylation is 1. The van der Waals surface area contributed by atoms with E-state index in [1.165, 1.54) is 57.8 Å². The molecule has 8 heteroatoms. The number of hydrogen-bond donors (Lipinski definition) is 0. The Bertz CT molecular complexity index is 3210. The number of nitrogens with zero attached hydrogens (tertiary/aromatic N) is 1. The van der Waals surface area contributed by atoms with Crippen LogP contribution in [0.2, 0.25) is 0 Å². The minimum atomic E-state index is -0.299. The molecule has 0 fully saturated rings. The zero-order valence-electron chi connectivity index (χ0n) is 45.9. The molecule has 0 bridgehead atoms. The SMILES string of the molecule is CCCCCCCCCCCCCCn1c(-c2cc(OCc3ccccc3)c(OCc3ccccc3)c(OCc3ccccc3)c2)c(OCc2ccccc2)c(=O)c2c(OCc3ccccc3)cc(OCc3ccccc3)cc21. The molecule has 0 spiro atoms. The second-order valence-corrected chi connectivity index (χ2v) is 20.3. The first-order valence-electron chi connectivity index (χ1n) is 28.5. The Morgan fingerprint density at radius 3 is 1.09 bits per heavy atom. The molecular weight excluding hydrogens is 979 g/mol. The molecule has 0 saturated heterocycles. The summed E-state index contributed by atoms with van der Waals surface area (Å²) in [5, 5.41) is 0.414. The molecule has 0 unspecified atom stereocenters. The maximum atomic E-state index is 16.0. The maximum absolute atomic E-state index is 16.0. The molecule has 9 rings (SSSR count). The summed E-state index contributed by atoms with van der Waals surface area (Å²) in [6.45, 7) is 4.35. The minimum Gasteiger partial charge on any atom is -0.489 e. The summed E-state index contributed by atoms with van der Waals surface area (Å²) in [6.07, 6.45) is 14.6. The number of pyridine rings is 1. The number of unbranched alkanes of at least 4 members (excludes halogenated alkanes) is 11. The van der Waals surface area contributed by atoms with Crippen LogP contribution >= 0.6 is 0 Å². The van der Waals surface area contributed by atoms with E-state index in [0.29, 0.717) is 64.1 Å². The third-order valence-corrected chi connectivity index (χ3v) is 14.2. The predicted molar refractivity (Wildman–Crippen MR) is 319 cm³/mol. The molecule has 0 atom stereocenters. The van der Waals surface area contributed by atoms with Gasteiger partial charge in [-0.1, -0.05) is 260 Å². The molecule has 1 aromatic heterocycles. The lowest BCUT2D eigenvalue weighted by Gasteiger charge is -2.25. The van der Waals surface area contributed by atoms with Crippen LogP contribution in [-0.2, 0) is 46.2 Å². The van der Waals surface area contributed by atoms with Gasteiger partial charge >= 0.3 is 0 Å². The summed E-state index contributed by atoms with van der Waals surface area (Å²) in [6, 6.07) is 68.2. The topological polar surface area (TPSA) is 77.4 Å². The molecule has 406 valence electrons. The van der Waals surface area contributed by atoms with Crippen molar-refractivity contribution < 1.29 is 28.4 Å². The third kappa shape index (κ3) is 16.4. The van der Waals surface area contributed by atoms with Gasteiger partial charge in [0.05, 0.1) is 16.6 Å². The highest BCUT2D eigenvalue weighted by atomic mass is 16.5. The van der Waals surface area contributed by atoms with E-state index in [1.54, 1.807) is 0 Å². The van der Waals surface area contributed by atoms with Gasteiger partial charge < -0.3 is 33.0 Å². The van der Waals surface area contributed by atoms with E-state index in [1.807, 2.05) is 206 Å². The lowest BCUT2D eigenvalue weighted by atomic mass is 10.0. The number of ether oxygens (including phenoxy) is 6. The molecular formula is C71H75NO7.